The average molecular weight is 333 g/mol. The van der Waals surface area contributed by atoms with Gasteiger partial charge >= 0.3 is 6.01 Å². The minimum absolute atomic E-state index is 0.101. The summed E-state index contributed by atoms with van der Waals surface area (Å²) in [7, 11) is 0. The molecule has 24 heavy (non-hydrogen) atoms. The average Bonchev–Trinajstić information content (AvgIpc) is 2.90. The smallest absolute Gasteiger partial charge is 0.336 e. The van der Waals surface area contributed by atoms with Gasteiger partial charge in [0.2, 0.25) is 5.91 Å². The summed E-state index contributed by atoms with van der Waals surface area (Å²) < 4.78 is 20.8. The van der Waals surface area contributed by atoms with Crippen molar-refractivity contribution in [3.8, 4) is 17.4 Å². The van der Waals surface area contributed by atoms with E-state index in [0.717, 1.165) is 17.5 Å². The third-order valence-corrected chi connectivity index (χ3v) is 3.35. The number of carbonyl (C=O) groups excluding carboxylic acids is 1. The molecule has 2 rings (SSSR count). The molecule has 130 valence electrons. The van der Waals surface area contributed by atoms with Crippen molar-refractivity contribution in [2.45, 2.75) is 47.0 Å². The minimum Gasteiger partial charge on any atom is -0.462 e. The summed E-state index contributed by atoms with van der Waals surface area (Å²) in [5.41, 5.74) is 0.0243. The highest BCUT2D eigenvalue weighted by molar-refractivity contribution is 5.82. The maximum Gasteiger partial charge on any atom is 0.336 e. The molecule has 0 aliphatic carbocycles. The minimum atomic E-state index is -0.449. The first-order chi connectivity index (χ1) is 11.3. The molecule has 0 aliphatic heterocycles. The van der Waals surface area contributed by atoms with Gasteiger partial charge in [0.15, 0.2) is 5.82 Å². The van der Waals surface area contributed by atoms with E-state index in [1.54, 1.807) is 18.2 Å². The van der Waals surface area contributed by atoms with Crippen LogP contribution >= 0.6 is 0 Å². The fourth-order valence-electron chi connectivity index (χ4n) is 2.18. The molecule has 0 saturated heterocycles. The molecule has 0 fully saturated rings. The number of carbonyl (C=O) groups is 1. The van der Waals surface area contributed by atoms with Crippen molar-refractivity contribution >= 4 is 5.91 Å². The predicted octanol–water partition coefficient (Wildman–Crippen LogP) is 4.34. The van der Waals surface area contributed by atoms with E-state index in [1.807, 2.05) is 27.7 Å². The highest BCUT2D eigenvalue weighted by Crippen LogP contribution is 2.26. The Bertz CT molecular complexity index is 705. The molecular weight excluding hydrogens is 309 g/mol. The van der Waals surface area contributed by atoms with Crippen molar-refractivity contribution in [2.24, 2.45) is 5.41 Å². The van der Waals surface area contributed by atoms with Gasteiger partial charge in [-0.15, -0.1) is 5.10 Å². The second-order valence-electron chi connectivity index (χ2n) is 6.94. The molecule has 0 atom stereocenters. The second kappa shape index (κ2) is 7.55. The van der Waals surface area contributed by atoms with Gasteiger partial charge in [0.05, 0.1) is 12.2 Å². The molecule has 0 N–H and O–H groups in total. The fourth-order valence-corrected chi connectivity index (χ4v) is 2.18. The number of nitrogens with zero attached hydrogens (tertiary/aromatic N) is 3. The van der Waals surface area contributed by atoms with Gasteiger partial charge in [-0.2, -0.15) is 9.67 Å². The van der Waals surface area contributed by atoms with Gasteiger partial charge in [-0.3, -0.25) is 4.79 Å². The molecule has 2 aromatic rings. The van der Waals surface area contributed by atoms with Gasteiger partial charge < -0.3 is 4.74 Å². The molecule has 0 saturated carbocycles. The van der Waals surface area contributed by atoms with E-state index in [4.69, 9.17) is 4.74 Å². The van der Waals surface area contributed by atoms with Crippen LogP contribution in [0.15, 0.2) is 24.3 Å². The SMILES string of the molecule is CCCCOc1nc(-c2ccccc2F)n(C(=O)CC(C)(C)C)n1. The van der Waals surface area contributed by atoms with Gasteiger partial charge in [0.1, 0.15) is 5.82 Å². The Morgan fingerprint density at radius 3 is 2.62 bits per heavy atom. The molecule has 5 nitrogen and oxygen atoms in total. The first-order valence-corrected chi connectivity index (χ1v) is 8.20. The highest BCUT2D eigenvalue weighted by Gasteiger charge is 2.24. The molecule has 1 aromatic carbocycles. The first kappa shape index (κ1) is 18.1. The third kappa shape index (κ3) is 4.63. The van der Waals surface area contributed by atoms with Crippen LogP contribution in [0, 0.1) is 11.2 Å². The zero-order valence-corrected chi connectivity index (χ0v) is 14.7. The normalized spacial score (nSPS) is 11.5. The topological polar surface area (TPSA) is 57.0 Å². The molecule has 0 bridgehead atoms. The Morgan fingerprint density at radius 1 is 1.29 bits per heavy atom. The number of halogens is 1. The van der Waals surface area contributed by atoms with Crippen LogP contribution in [-0.2, 0) is 0 Å². The van der Waals surface area contributed by atoms with Crippen molar-refractivity contribution in [3.63, 3.8) is 0 Å². The number of rotatable bonds is 6. The molecule has 0 spiro atoms. The molecule has 0 aliphatic rings. The lowest BCUT2D eigenvalue weighted by atomic mass is 9.92. The molecule has 0 unspecified atom stereocenters. The Balaban J connectivity index is 2.39. The number of ether oxygens (including phenoxy) is 1. The van der Waals surface area contributed by atoms with Gasteiger partial charge in [0.25, 0.3) is 0 Å². The number of benzene rings is 1. The molecule has 6 heteroatoms. The third-order valence-electron chi connectivity index (χ3n) is 3.35. The number of hydrogen-bond acceptors (Lipinski definition) is 4. The molecule has 0 amide bonds. The summed E-state index contributed by atoms with van der Waals surface area (Å²) in [5.74, 6) is -0.512. The Labute approximate surface area is 141 Å². The van der Waals surface area contributed by atoms with Gasteiger partial charge in [-0.1, -0.05) is 46.2 Å². The van der Waals surface area contributed by atoms with Crippen LogP contribution in [0.4, 0.5) is 4.39 Å². The molecular formula is C18H24FN3O2. The van der Waals surface area contributed by atoms with Crippen molar-refractivity contribution < 1.29 is 13.9 Å². The maximum atomic E-state index is 14.1. The molecule has 1 heterocycles. The largest absolute Gasteiger partial charge is 0.462 e. The zero-order chi connectivity index (χ0) is 17.7. The Hall–Kier alpha value is -2.24. The van der Waals surface area contributed by atoms with Crippen LogP contribution in [0.3, 0.4) is 0 Å². The van der Waals surface area contributed by atoms with Crippen LogP contribution in [-0.4, -0.2) is 27.3 Å². The van der Waals surface area contributed by atoms with Crippen LogP contribution in [0.25, 0.3) is 11.4 Å². The second-order valence-corrected chi connectivity index (χ2v) is 6.94. The summed E-state index contributed by atoms with van der Waals surface area (Å²) >= 11 is 0. The van der Waals surface area contributed by atoms with Crippen molar-refractivity contribution in [3.05, 3.63) is 30.1 Å². The summed E-state index contributed by atoms with van der Waals surface area (Å²) in [6.07, 6.45) is 2.11. The lowest BCUT2D eigenvalue weighted by Crippen LogP contribution is -2.21. The molecule has 1 aromatic heterocycles. The quantitative estimate of drug-likeness (QED) is 0.738. The van der Waals surface area contributed by atoms with Crippen LogP contribution < -0.4 is 4.74 Å². The maximum absolute atomic E-state index is 14.1. The number of hydrogen-bond donors (Lipinski definition) is 0. The van der Waals surface area contributed by atoms with E-state index in [0.29, 0.717) is 6.61 Å². The monoisotopic (exact) mass is 333 g/mol. The summed E-state index contributed by atoms with van der Waals surface area (Å²) in [4.78, 5) is 16.8. The van der Waals surface area contributed by atoms with E-state index >= 15 is 0 Å². The predicted molar refractivity (Wildman–Crippen MR) is 90.5 cm³/mol. The van der Waals surface area contributed by atoms with Crippen LogP contribution in [0.2, 0.25) is 0 Å². The zero-order valence-electron chi connectivity index (χ0n) is 14.7. The summed E-state index contributed by atoms with van der Waals surface area (Å²) in [6.45, 7) is 8.40. The Morgan fingerprint density at radius 2 is 2.00 bits per heavy atom. The van der Waals surface area contributed by atoms with Crippen molar-refractivity contribution in [1.82, 2.24) is 14.8 Å². The standard InChI is InChI=1S/C18H24FN3O2/c1-5-6-11-24-17-20-16(13-9-7-8-10-14(13)19)22(21-17)15(23)12-18(2,3)4/h7-10H,5-6,11-12H2,1-4H3. The van der Waals surface area contributed by atoms with E-state index < -0.39 is 5.82 Å². The van der Waals surface area contributed by atoms with E-state index in [2.05, 4.69) is 10.1 Å². The van der Waals surface area contributed by atoms with E-state index in [9.17, 15) is 9.18 Å². The fraction of sp³-hybridized carbons (Fsp3) is 0.500. The van der Waals surface area contributed by atoms with E-state index in [1.165, 1.54) is 6.07 Å². The number of aromatic nitrogens is 3. The van der Waals surface area contributed by atoms with Crippen LogP contribution in [0.5, 0.6) is 6.01 Å². The van der Waals surface area contributed by atoms with Gasteiger partial charge in [-0.25, -0.2) is 4.39 Å². The first-order valence-electron chi connectivity index (χ1n) is 8.20. The lowest BCUT2D eigenvalue weighted by Gasteiger charge is -2.16. The van der Waals surface area contributed by atoms with Crippen molar-refractivity contribution in [1.29, 1.82) is 0 Å². The van der Waals surface area contributed by atoms with Crippen molar-refractivity contribution in [2.75, 3.05) is 6.61 Å². The lowest BCUT2D eigenvalue weighted by molar-refractivity contribution is 0.0840. The summed E-state index contributed by atoms with van der Waals surface area (Å²) in [6, 6.07) is 6.30. The Kier molecular flexibility index (Phi) is 5.70. The highest BCUT2D eigenvalue weighted by atomic mass is 19.1. The molecule has 0 radical (unpaired) electrons. The van der Waals surface area contributed by atoms with Gasteiger partial charge in [-0.05, 0) is 24.0 Å². The van der Waals surface area contributed by atoms with E-state index in [-0.39, 0.29) is 35.1 Å². The summed E-state index contributed by atoms with van der Waals surface area (Å²) in [5, 5.41) is 4.15. The number of unbranched alkanes of at least 4 members (excludes halogenated alkanes) is 1. The van der Waals surface area contributed by atoms with Gasteiger partial charge in [0, 0.05) is 6.42 Å². The van der Waals surface area contributed by atoms with Crippen LogP contribution in [0.1, 0.15) is 51.8 Å².